The molecule has 0 radical (unpaired) electrons. The Kier molecular flexibility index (Phi) is 7.29. The number of carbonyl (C=O) groups excluding carboxylic acids is 3. The summed E-state index contributed by atoms with van der Waals surface area (Å²) in [6.45, 7) is -0.416. The van der Waals surface area contributed by atoms with E-state index in [2.05, 4.69) is 0 Å². The summed E-state index contributed by atoms with van der Waals surface area (Å²) in [5.74, 6) is -2.22. The first-order chi connectivity index (χ1) is 16.5. The van der Waals surface area contributed by atoms with E-state index in [0.717, 1.165) is 0 Å². The highest BCUT2D eigenvalue weighted by atomic mass is 19.1. The number of esters is 3. The molecule has 1 aliphatic rings. The van der Waals surface area contributed by atoms with Gasteiger partial charge in [-0.15, -0.1) is 0 Å². The number of halogens is 1. The lowest BCUT2D eigenvalue weighted by molar-refractivity contribution is -0.0884. The van der Waals surface area contributed by atoms with E-state index in [-0.39, 0.29) is 11.1 Å². The number of hydrogen-bond donors (Lipinski definition) is 0. The molecule has 0 saturated carbocycles. The maximum absolute atomic E-state index is 14.8. The Hall–Kier alpha value is -4.04. The van der Waals surface area contributed by atoms with E-state index in [0.29, 0.717) is 5.56 Å². The van der Waals surface area contributed by atoms with Crippen molar-refractivity contribution in [1.82, 2.24) is 0 Å². The van der Waals surface area contributed by atoms with Crippen LogP contribution in [0.5, 0.6) is 0 Å². The minimum Gasteiger partial charge on any atom is -0.459 e. The molecule has 4 rings (SSSR count). The van der Waals surface area contributed by atoms with Gasteiger partial charge in [0.05, 0.1) is 16.7 Å². The molecule has 7 nitrogen and oxygen atoms in total. The molecule has 3 aromatic rings. The molecule has 4 atom stereocenters. The van der Waals surface area contributed by atoms with Gasteiger partial charge in [0, 0.05) is 0 Å². The average Bonchev–Trinajstić information content (AvgIpc) is 3.17. The Morgan fingerprint density at radius 3 is 1.53 bits per heavy atom. The third kappa shape index (κ3) is 5.47. The Labute approximate surface area is 195 Å². The molecular weight excluding hydrogens is 443 g/mol. The molecule has 1 fully saturated rings. The van der Waals surface area contributed by atoms with E-state index in [9.17, 15) is 18.8 Å². The van der Waals surface area contributed by atoms with Crippen molar-refractivity contribution in [3.63, 3.8) is 0 Å². The topological polar surface area (TPSA) is 88.1 Å². The molecule has 3 aromatic carbocycles. The first kappa shape index (κ1) is 23.1. The summed E-state index contributed by atoms with van der Waals surface area (Å²) in [6, 6.07) is 24.3. The minimum absolute atomic E-state index is 0.196. The van der Waals surface area contributed by atoms with Crippen LogP contribution in [0.25, 0.3) is 0 Å². The predicted octanol–water partition coefficient (Wildman–Crippen LogP) is 3.99. The van der Waals surface area contributed by atoms with Crippen LogP contribution in [0.2, 0.25) is 0 Å². The fraction of sp³-hybridized carbons (Fsp3) is 0.192. The second-order valence-electron chi connectivity index (χ2n) is 7.46. The normalized spacial score (nSPS) is 21.4. The van der Waals surface area contributed by atoms with Crippen molar-refractivity contribution in [2.45, 2.75) is 24.7 Å². The fourth-order valence-electron chi connectivity index (χ4n) is 3.43. The molecule has 0 spiro atoms. The van der Waals surface area contributed by atoms with Gasteiger partial charge in [-0.25, -0.2) is 18.8 Å². The van der Waals surface area contributed by atoms with E-state index in [1.165, 1.54) is 24.3 Å². The van der Waals surface area contributed by atoms with Gasteiger partial charge in [0.15, 0.2) is 12.2 Å². The van der Waals surface area contributed by atoms with Gasteiger partial charge >= 0.3 is 17.9 Å². The third-order valence-electron chi connectivity index (χ3n) is 5.15. The van der Waals surface area contributed by atoms with Crippen LogP contribution >= 0.6 is 0 Å². The highest BCUT2D eigenvalue weighted by molar-refractivity contribution is 5.90. The summed E-state index contributed by atoms with van der Waals surface area (Å²) in [7, 11) is 0. The summed E-state index contributed by atoms with van der Waals surface area (Å²) >= 11 is 0. The molecular formula is C26H21FO7. The van der Waals surface area contributed by atoms with Crippen LogP contribution in [0.4, 0.5) is 4.39 Å². The third-order valence-corrected chi connectivity index (χ3v) is 5.15. The van der Waals surface area contributed by atoms with Crippen molar-refractivity contribution in [3.05, 3.63) is 108 Å². The van der Waals surface area contributed by atoms with Crippen molar-refractivity contribution in [2.75, 3.05) is 6.61 Å². The first-order valence-corrected chi connectivity index (χ1v) is 10.6. The van der Waals surface area contributed by atoms with Gasteiger partial charge in [0.1, 0.15) is 12.7 Å². The van der Waals surface area contributed by atoms with Gasteiger partial charge in [-0.2, -0.15) is 0 Å². The SMILES string of the molecule is O=C(OC[C@H]1O[C@@H](F)[C@H](OC(=O)c2ccccc2)[C@@H]1OC(=O)c1ccccc1)c1ccccc1. The molecule has 0 aromatic heterocycles. The number of alkyl halides is 1. The fourth-order valence-corrected chi connectivity index (χ4v) is 3.43. The molecule has 0 amide bonds. The van der Waals surface area contributed by atoms with Crippen molar-refractivity contribution in [2.24, 2.45) is 0 Å². The minimum atomic E-state index is -2.10. The smallest absolute Gasteiger partial charge is 0.338 e. The Morgan fingerprint density at radius 1 is 0.647 bits per heavy atom. The number of hydrogen-bond acceptors (Lipinski definition) is 7. The second kappa shape index (κ2) is 10.7. The van der Waals surface area contributed by atoms with Gasteiger partial charge in [-0.05, 0) is 36.4 Å². The second-order valence-corrected chi connectivity index (χ2v) is 7.46. The molecule has 34 heavy (non-hydrogen) atoms. The van der Waals surface area contributed by atoms with Crippen LogP contribution in [-0.4, -0.2) is 49.2 Å². The molecule has 1 saturated heterocycles. The lowest BCUT2D eigenvalue weighted by Gasteiger charge is -2.23. The lowest BCUT2D eigenvalue weighted by atomic mass is 10.1. The first-order valence-electron chi connectivity index (χ1n) is 10.6. The molecule has 0 aliphatic carbocycles. The summed E-state index contributed by atoms with van der Waals surface area (Å²) in [6.07, 6.45) is -6.19. The van der Waals surface area contributed by atoms with Crippen LogP contribution in [-0.2, 0) is 18.9 Å². The van der Waals surface area contributed by atoms with Gasteiger partial charge in [-0.3, -0.25) is 0 Å². The highest BCUT2D eigenvalue weighted by Gasteiger charge is 2.51. The van der Waals surface area contributed by atoms with Crippen LogP contribution in [0, 0.1) is 0 Å². The predicted molar refractivity (Wildman–Crippen MR) is 118 cm³/mol. The Balaban J connectivity index is 1.51. The van der Waals surface area contributed by atoms with Crippen molar-refractivity contribution < 1.29 is 37.7 Å². The number of rotatable bonds is 7. The lowest BCUT2D eigenvalue weighted by Crippen LogP contribution is -2.41. The van der Waals surface area contributed by atoms with Crippen LogP contribution in [0.1, 0.15) is 31.1 Å². The van der Waals surface area contributed by atoms with E-state index in [4.69, 9.17) is 18.9 Å². The molecule has 174 valence electrons. The Bertz CT molecular complexity index is 1120. The van der Waals surface area contributed by atoms with Crippen molar-refractivity contribution >= 4 is 17.9 Å². The van der Waals surface area contributed by atoms with E-state index >= 15 is 0 Å². The van der Waals surface area contributed by atoms with Gasteiger partial charge in [0.25, 0.3) is 0 Å². The van der Waals surface area contributed by atoms with Crippen molar-refractivity contribution in [3.8, 4) is 0 Å². The standard InChI is InChI=1S/C26H21FO7/c27-23-22(34-26(30)19-14-8-3-9-15-19)21(33-25(29)18-12-6-2-7-13-18)20(32-23)16-31-24(28)17-10-4-1-5-11-17/h1-15,20-23H,16H2/t20-,21-,22-,23-/m1/s1. The molecule has 0 bridgehead atoms. The van der Waals surface area contributed by atoms with E-state index < -0.39 is 49.2 Å². The number of benzene rings is 3. The summed E-state index contributed by atoms with van der Waals surface area (Å²) < 4.78 is 36.2. The number of ether oxygens (including phenoxy) is 4. The van der Waals surface area contributed by atoms with Gasteiger partial charge in [0.2, 0.25) is 6.36 Å². The summed E-state index contributed by atoms with van der Waals surface area (Å²) in [4.78, 5) is 37.5. The molecule has 0 N–H and O–H groups in total. The molecule has 1 heterocycles. The average molecular weight is 464 g/mol. The largest absolute Gasteiger partial charge is 0.459 e. The van der Waals surface area contributed by atoms with Crippen molar-refractivity contribution in [1.29, 1.82) is 0 Å². The van der Waals surface area contributed by atoms with Gasteiger partial charge in [-0.1, -0.05) is 54.6 Å². The molecule has 0 unspecified atom stereocenters. The monoisotopic (exact) mass is 464 g/mol. The molecule has 1 aliphatic heterocycles. The Morgan fingerprint density at radius 2 is 1.06 bits per heavy atom. The quantitative estimate of drug-likeness (QED) is 0.386. The summed E-state index contributed by atoms with van der Waals surface area (Å²) in [5, 5.41) is 0. The number of carbonyl (C=O) groups is 3. The highest BCUT2D eigenvalue weighted by Crippen LogP contribution is 2.30. The van der Waals surface area contributed by atoms with E-state index in [1.54, 1.807) is 66.7 Å². The zero-order chi connectivity index (χ0) is 23.9. The molecule has 8 heteroatoms. The zero-order valence-corrected chi connectivity index (χ0v) is 17.9. The summed E-state index contributed by atoms with van der Waals surface area (Å²) in [5.41, 5.74) is 0.710. The van der Waals surface area contributed by atoms with Crippen LogP contribution in [0.15, 0.2) is 91.0 Å². The van der Waals surface area contributed by atoms with Crippen LogP contribution < -0.4 is 0 Å². The zero-order valence-electron chi connectivity index (χ0n) is 17.9. The van der Waals surface area contributed by atoms with E-state index in [1.807, 2.05) is 0 Å². The van der Waals surface area contributed by atoms with Gasteiger partial charge < -0.3 is 18.9 Å². The van der Waals surface area contributed by atoms with Crippen LogP contribution in [0.3, 0.4) is 0 Å². The maximum atomic E-state index is 14.8. The maximum Gasteiger partial charge on any atom is 0.338 e.